The van der Waals surface area contributed by atoms with Crippen LogP contribution in [0.5, 0.6) is 0 Å². The first-order chi connectivity index (χ1) is 8.96. The van der Waals surface area contributed by atoms with Gasteiger partial charge in [-0.3, -0.25) is 4.79 Å². The minimum atomic E-state index is 0.0182. The molecule has 2 N–H and O–H groups in total. The van der Waals surface area contributed by atoms with Crippen molar-refractivity contribution in [3.63, 3.8) is 0 Å². The summed E-state index contributed by atoms with van der Waals surface area (Å²) in [5.41, 5.74) is 2.15. The van der Waals surface area contributed by atoms with E-state index in [4.69, 9.17) is 0 Å². The van der Waals surface area contributed by atoms with Gasteiger partial charge in [-0.2, -0.15) is 0 Å². The molecule has 0 unspecified atom stereocenters. The summed E-state index contributed by atoms with van der Waals surface area (Å²) in [4.78, 5) is 15.7. The molecule has 3 nitrogen and oxygen atoms in total. The highest BCUT2D eigenvalue weighted by molar-refractivity contribution is 7.09. The third-order valence-corrected chi connectivity index (χ3v) is 3.73. The lowest BCUT2D eigenvalue weighted by molar-refractivity contribution is 0.430. The molecule has 0 fully saturated rings. The minimum absolute atomic E-state index is 0.0182. The quantitative estimate of drug-likeness (QED) is 0.901. The van der Waals surface area contributed by atoms with E-state index in [1.807, 2.05) is 30.3 Å². The highest BCUT2D eigenvalue weighted by atomic mass is 32.1. The molecule has 0 saturated carbocycles. The molecule has 0 bridgehead atoms. The summed E-state index contributed by atoms with van der Waals surface area (Å²) in [7, 11) is 0. The maximum Gasteiger partial charge on any atom is 0.305 e. The molecule has 2 rings (SSSR count). The normalized spacial score (nSPS) is 11.7. The Morgan fingerprint density at radius 3 is 2.53 bits per heavy atom. The summed E-state index contributed by atoms with van der Waals surface area (Å²) in [6, 6.07) is 10.0. The maximum absolute atomic E-state index is 11.6. The van der Waals surface area contributed by atoms with E-state index in [-0.39, 0.29) is 10.4 Å². The first-order valence-electron chi connectivity index (χ1n) is 6.48. The molecule has 0 aliphatic carbocycles. The van der Waals surface area contributed by atoms with Gasteiger partial charge in [0.2, 0.25) is 0 Å². The SMILES string of the molecule is CC(C)(C)NCCc1sc(=O)[nH]c1-c1ccccc1. The number of aromatic nitrogens is 1. The molecular weight excluding hydrogens is 256 g/mol. The fourth-order valence-electron chi connectivity index (χ4n) is 1.93. The fraction of sp³-hybridized carbons (Fsp3) is 0.400. The van der Waals surface area contributed by atoms with Crippen molar-refractivity contribution in [3.05, 3.63) is 44.9 Å². The zero-order valence-corrected chi connectivity index (χ0v) is 12.4. The van der Waals surface area contributed by atoms with Gasteiger partial charge in [0, 0.05) is 17.0 Å². The minimum Gasteiger partial charge on any atom is -0.312 e. The Kier molecular flexibility index (Phi) is 4.22. The van der Waals surface area contributed by atoms with E-state index in [9.17, 15) is 4.79 Å². The summed E-state index contributed by atoms with van der Waals surface area (Å²) < 4.78 is 0. The highest BCUT2D eigenvalue weighted by Crippen LogP contribution is 2.23. The van der Waals surface area contributed by atoms with Crippen LogP contribution in [-0.2, 0) is 6.42 Å². The van der Waals surface area contributed by atoms with Crippen LogP contribution in [0.1, 0.15) is 25.6 Å². The van der Waals surface area contributed by atoms with Gasteiger partial charge in [0.25, 0.3) is 0 Å². The van der Waals surface area contributed by atoms with Crippen molar-refractivity contribution in [3.8, 4) is 11.3 Å². The van der Waals surface area contributed by atoms with E-state index in [1.54, 1.807) is 0 Å². The zero-order chi connectivity index (χ0) is 13.9. The molecule has 0 atom stereocenters. The Bertz CT molecular complexity index is 578. The first kappa shape index (κ1) is 14.0. The van der Waals surface area contributed by atoms with Crippen molar-refractivity contribution >= 4 is 11.3 Å². The number of benzene rings is 1. The van der Waals surface area contributed by atoms with E-state index >= 15 is 0 Å². The number of nitrogens with one attached hydrogen (secondary N) is 2. The van der Waals surface area contributed by atoms with E-state index in [1.165, 1.54) is 11.3 Å². The van der Waals surface area contributed by atoms with Gasteiger partial charge in [0.15, 0.2) is 0 Å². The molecule has 1 heterocycles. The molecule has 0 aliphatic heterocycles. The molecule has 19 heavy (non-hydrogen) atoms. The van der Waals surface area contributed by atoms with Crippen LogP contribution >= 0.6 is 11.3 Å². The Morgan fingerprint density at radius 2 is 1.89 bits per heavy atom. The molecule has 0 radical (unpaired) electrons. The van der Waals surface area contributed by atoms with Crippen LogP contribution in [-0.4, -0.2) is 17.1 Å². The van der Waals surface area contributed by atoms with Gasteiger partial charge in [-0.15, -0.1) is 0 Å². The molecular formula is C15H20N2OS. The van der Waals surface area contributed by atoms with Gasteiger partial charge in [0.1, 0.15) is 0 Å². The topological polar surface area (TPSA) is 44.9 Å². The van der Waals surface area contributed by atoms with Crippen LogP contribution in [0.3, 0.4) is 0 Å². The molecule has 4 heteroatoms. The number of hydrogen-bond acceptors (Lipinski definition) is 3. The first-order valence-corrected chi connectivity index (χ1v) is 7.30. The number of aromatic amines is 1. The van der Waals surface area contributed by atoms with Crippen LogP contribution in [0.15, 0.2) is 35.1 Å². The van der Waals surface area contributed by atoms with Crippen LogP contribution < -0.4 is 10.2 Å². The predicted molar refractivity (Wildman–Crippen MR) is 81.8 cm³/mol. The average molecular weight is 276 g/mol. The van der Waals surface area contributed by atoms with Crippen molar-refractivity contribution < 1.29 is 0 Å². The molecule has 0 amide bonds. The van der Waals surface area contributed by atoms with E-state index in [0.717, 1.165) is 29.1 Å². The van der Waals surface area contributed by atoms with Crippen molar-refractivity contribution in [1.29, 1.82) is 0 Å². The number of H-pyrrole nitrogens is 1. The van der Waals surface area contributed by atoms with Crippen LogP contribution in [0.25, 0.3) is 11.3 Å². The Morgan fingerprint density at radius 1 is 1.21 bits per heavy atom. The second-order valence-corrected chi connectivity index (χ2v) is 6.67. The van der Waals surface area contributed by atoms with Crippen LogP contribution in [0.4, 0.5) is 0 Å². The summed E-state index contributed by atoms with van der Waals surface area (Å²) in [5.74, 6) is 0. The molecule has 0 aliphatic rings. The maximum atomic E-state index is 11.6. The molecule has 0 spiro atoms. The summed E-state index contributed by atoms with van der Waals surface area (Å²) in [6.45, 7) is 7.30. The van der Waals surface area contributed by atoms with Crippen molar-refractivity contribution in [1.82, 2.24) is 10.3 Å². The Balaban J connectivity index is 2.16. The highest BCUT2D eigenvalue weighted by Gasteiger charge is 2.12. The summed E-state index contributed by atoms with van der Waals surface area (Å²) in [5, 5.41) is 3.45. The molecule has 1 aromatic carbocycles. The molecule has 0 saturated heterocycles. The second-order valence-electron chi connectivity index (χ2n) is 5.61. The third-order valence-electron chi connectivity index (χ3n) is 2.79. The molecule has 102 valence electrons. The number of rotatable bonds is 4. The average Bonchev–Trinajstić information content (AvgIpc) is 2.70. The smallest absolute Gasteiger partial charge is 0.305 e. The standard InChI is InChI=1S/C15H20N2OS/c1-15(2,3)16-10-9-12-13(17-14(18)19-12)11-7-5-4-6-8-11/h4-8,16H,9-10H2,1-3H3,(H,17,18). The van der Waals surface area contributed by atoms with Gasteiger partial charge in [-0.05, 0) is 32.8 Å². The monoisotopic (exact) mass is 276 g/mol. The second kappa shape index (κ2) is 5.72. The van der Waals surface area contributed by atoms with Gasteiger partial charge in [-0.1, -0.05) is 41.7 Å². The van der Waals surface area contributed by atoms with E-state index < -0.39 is 0 Å². The predicted octanol–water partition coefficient (Wildman–Crippen LogP) is 3.03. The van der Waals surface area contributed by atoms with Crippen LogP contribution in [0, 0.1) is 0 Å². The lowest BCUT2D eigenvalue weighted by Gasteiger charge is -2.20. The van der Waals surface area contributed by atoms with E-state index in [0.29, 0.717) is 0 Å². The Labute approximate surface area is 117 Å². The summed E-state index contributed by atoms with van der Waals surface area (Å²) >= 11 is 1.31. The molecule has 1 aromatic heterocycles. The van der Waals surface area contributed by atoms with Gasteiger partial charge >= 0.3 is 4.87 Å². The van der Waals surface area contributed by atoms with Crippen molar-refractivity contribution in [2.24, 2.45) is 0 Å². The van der Waals surface area contributed by atoms with Crippen molar-refractivity contribution in [2.45, 2.75) is 32.7 Å². The Hall–Kier alpha value is -1.39. The van der Waals surface area contributed by atoms with Gasteiger partial charge in [0.05, 0.1) is 5.69 Å². The lowest BCUT2D eigenvalue weighted by atomic mass is 10.1. The van der Waals surface area contributed by atoms with Crippen molar-refractivity contribution in [2.75, 3.05) is 6.54 Å². The van der Waals surface area contributed by atoms with Gasteiger partial charge < -0.3 is 10.3 Å². The molecule has 2 aromatic rings. The van der Waals surface area contributed by atoms with Gasteiger partial charge in [-0.25, -0.2) is 0 Å². The fourth-order valence-corrected chi connectivity index (χ4v) is 2.78. The zero-order valence-electron chi connectivity index (χ0n) is 11.6. The van der Waals surface area contributed by atoms with Crippen LogP contribution in [0.2, 0.25) is 0 Å². The summed E-state index contributed by atoms with van der Waals surface area (Å²) in [6.07, 6.45) is 0.866. The number of thiazole rings is 1. The largest absolute Gasteiger partial charge is 0.312 e. The lowest BCUT2D eigenvalue weighted by Crippen LogP contribution is -2.37. The van der Waals surface area contributed by atoms with E-state index in [2.05, 4.69) is 31.1 Å². The number of hydrogen-bond donors (Lipinski definition) is 2. The third kappa shape index (κ3) is 4.04.